The Kier molecular flexibility index (Phi) is 21.3. The third-order valence-electron chi connectivity index (χ3n) is 15.1. The molecule has 0 saturated carbocycles. The van der Waals surface area contributed by atoms with E-state index in [0.717, 1.165) is 0 Å². The van der Waals surface area contributed by atoms with Crippen molar-refractivity contribution in [3.05, 3.63) is 306 Å². The molecule has 0 aromatic heterocycles. The Hall–Kier alpha value is -5.60. The van der Waals surface area contributed by atoms with Crippen LogP contribution in [0.3, 0.4) is 0 Å². The Morgan fingerprint density at radius 1 is 0.256 bits per heavy atom. The van der Waals surface area contributed by atoms with E-state index in [-0.39, 0.29) is 28.0 Å². The van der Waals surface area contributed by atoms with Gasteiger partial charge in [-0.15, -0.1) is 150 Å². The van der Waals surface area contributed by atoms with Crippen molar-refractivity contribution in [1.29, 1.82) is 0 Å². The number of alkyl halides is 4. The summed E-state index contributed by atoms with van der Waals surface area (Å²) in [5, 5.41) is 21.4. The molecule has 0 heterocycles. The second-order valence-corrected chi connectivity index (χ2v) is 27.9. The minimum atomic E-state index is -0.574. The Morgan fingerprint density at radius 3 is 0.634 bits per heavy atom. The van der Waals surface area contributed by atoms with Gasteiger partial charge in [0.2, 0.25) is 0 Å². The second kappa shape index (κ2) is 29.3. The number of benzene rings is 12. The van der Waals surface area contributed by atoms with Crippen molar-refractivity contribution >= 4 is 168 Å². The minimum absolute atomic E-state index is 0. The molecule has 0 aliphatic heterocycles. The first kappa shape index (κ1) is 59.6. The Bertz CT molecular complexity index is 3440. The summed E-state index contributed by atoms with van der Waals surface area (Å²) in [4.78, 5) is 0. The normalized spacial score (nSPS) is 12.2. The van der Waals surface area contributed by atoms with Gasteiger partial charge in [-0.3, -0.25) is 0 Å². The van der Waals surface area contributed by atoms with Crippen molar-refractivity contribution in [3.8, 4) is 0 Å². The van der Waals surface area contributed by atoms with Gasteiger partial charge in [-0.2, -0.15) is 0 Å². The maximum absolute atomic E-state index is 4.76. The molecule has 0 saturated heterocycles. The molecule has 0 amide bonds. The summed E-state index contributed by atoms with van der Waals surface area (Å²) in [6.45, 7) is 0. The summed E-state index contributed by atoms with van der Waals surface area (Å²) < 4.78 is 0. The molecule has 0 fully saturated rings. The number of rotatable bonds is 9. The maximum atomic E-state index is 4.76. The topological polar surface area (TPSA) is 0 Å². The number of hydrogen-bond donors (Lipinski definition) is 0. The van der Waals surface area contributed by atoms with Crippen LogP contribution in [0.25, 0.3) is 32.3 Å². The van der Waals surface area contributed by atoms with Crippen LogP contribution in [-0.4, -0.2) is 28.0 Å². The first-order chi connectivity index (χ1) is 40.1. The van der Waals surface area contributed by atoms with Crippen LogP contribution in [0.1, 0.15) is 33.4 Å². The standard InChI is InChI=1S/3C24H18P.2CH2Cl2.Al/c3*1-3-9-20(10-4-1)25(21-11-5-2-6-12-21)23-17-16-19-15-14-18-8-7-13-22(23)24(18)19;2*2-1-3;/h3*1-12,16-17H,14-15H2;2*1H2;/q3*-1;;;+3. The van der Waals surface area contributed by atoms with Gasteiger partial charge < -0.3 is 0 Å². The fraction of sp³-hybridized carbons (Fsp3) is 0.108. The van der Waals surface area contributed by atoms with Crippen molar-refractivity contribution < 1.29 is 0 Å². The van der Waals surface area contributed by atoms with Gasteiger partial charge in [0.25, 0.3) is 0 Å². The molecule has 0 bridgehead atoms. The van der Waals surface area contributed by atoms with Crippen molar-refractivity contribution in [2.45, 2.75) is 38.5 Å². The minimum Gasteiger partial charge on any atom is -0.146 e. The number of hydrogen-bond acceptors (Lipinski definition) is 0. The number of halogens is 4. The molecule has 0 nitrogen and oxygen atoms in total. The van der Waals surface area contributed by atoms with Crippen LogP contribution in [0, 0.1) is 18.2 Å². The molecule has 0 unspecified atom stereocenters. The predicted molar refractivity (Wildman–Crippen MR) is 366 cm³/mol. The Labute approximate surface area is 518 Å². The molecule has 12 aromatic carbocycles. The molecule has 3 aliphatic rings. The molecule has 0 N–H and O–H groups in total. The molecule has 0 atom stereocenters. The predicted octanol–water partition coefficient (Wildman–Crippen LogP) is 16.0. The molecule has 0 radical (unpaired) electrons. The average molecular weight is 1210 g/mol. The van der Waals surface area contributed by atoms with E-state index in [2.05, 4.69) is 273 Å². The van der Waals surface area contributed by atoms with Gasteiger partial charge >= 0.3 is 17.4 Å². The van der Waals surface area contributed by atoms with Gasteiger partial charge in [-0.1, -0.05) is 275 Å². The summed E-state index contributed by atoms with van der Waals surface area (Å²) >= 11 is 19.1. The van der Waals surface area contributed by atoms with Gasteiger partial charge in [-0.25, -0.2) is 0 Å². The second-order valence-electron chi connectivity index (χ2n) is 19.7. The molecular weight excluding hydrogens is 1150 g/mol. The van der Waals surface area contributed by atoms with E-state index in [1.54, 1.807) is 0 Å². The molecule has 0 spiro atoms. The molecule has 12 aromatic rings. The third-order valence-corrected chi connectivity index (χ3v) is 22.6. The Morgan fingerprint density at radius 2 is 0.439 bits per heavy atom. The van der Waals surface area contributed by atoms with Crippen LogP contribution in [0.15, 0.2) is 255 Å². The van der Waals surface area contributed by atoms with E-state index in [1.807, 2.05) is 0 Å². The van der Waals surface area contributed by atoms with Gasteiger partial charge in [0.1, 0.15) is 0 Å². The fourth-order valence-electron chi connectivity index (χ4n) is 11.7. The van der Waals surface area contributed by atoms with Crippen molar-refractivity contribution in [1.82, 2.24) is 0 Å². The Balaban J connectivity index is 0.000000130. The van der Waals surface area contributed by atoms with Gasteiger partial charge in [0.05, 0.1) is 10.7 Å². The average Bonchev–Trinajstić information content (AvgIpc) is 4.17. The zero-order valence-electron chi connectivity index (χ0n) is 45.3. The van der Waals surface area contributed by atoms with Crippen LogP contribution >= 0.6 is 70.2 Å². The summed E-state index contributed by atoms with van der Waals surface area (Å²) in [5.74, 6) is 0. The van der Waals surface area contributed by atoms with E-state index in [4.69, 9.17) is 46.4 Å². The van der Waals surface area contributed by atoms with E-state index >= 15 is 0 Å². The molecule has 3 aliphatic carbocycles. The summed E-state index contributed by atoms with van der Waals surface area (Å²) in [5.41, 5.74) is 8.93. The van der Waals surface area contributed by atoms with Crippen LogP contribution in [0.4, 0.5) is 0 Å². The molecule has 400 valence electrons. The zero-order chi connectivity index (χ0) is 55.3. The van der Waals surface area contributed by atoms with E-state index in [1.165, 1.54) is 152 Å². The van der Waals surface area contributed by atoms with Crippen molar-refractivity contribution in [2.75, 3.05) is 10.7 Å². The van der Waals surface area contributed by atoms with E-state index in [9.17, 15) is 0 Å². The van der Waals surface area contributed by atoms with Gasteiger partial charge in [0, 0.05) is 0 Å². The maximum Gasteiger partial charge on any atom is 3.00 e. The monoisotopic (exact) mass is 1210 g/mol. The van der Waals surface area contributed by atoms with Crippen molar-refractivity contribution in [2.24, 2.45) is 0 Å². The van der Waals surface area contributed by atoms with E-state index < -0.39 is 23.8 Å². The molecular formula is C74H58AlCl4P3. The summed E-state index contributed by atoms with van der Waals surface area (Å²) in [6.07, 6.45) is 6.99. The smallest absolute Gasteiger partial charge is 0.146 e. The SMILES string of the molecule is ClCCl.ClCCl.[Al+3].[c-]1ccc2c3c(ccc(P(c4ccccc4)c4ccccc4)c13)CC2.[c-]1ccc2c3c(ccc(P(c4ccccc4)c4ccccc4)c13)CC2.[c-]1ccc2c3c(ccc(P(c4ccccc4)c4ccccc4)c13)CC2. The van der Waals surface area contributed by atoms with Gasteiger partial charge in [0.15, 0.2) is 0 Å². The molecule has 8 heteroatoms. The number of aryl methyl sites for hydroxylation is 6. The molecule has 15 rings (SSSR count). The first-order valence-electron chi connectivity index (χ1n) is 27.4. The summed E-state index contributed by atoms with van der Waals surface area (Å²) in [7, 11) is -1.72. The molecule has 82 heavy (non-hydrogen) atoms. The van der Waals surface area contributed by atoms with Gasteiger partial charge in [-0.05, 0) is 70.4 Å². The fourth-order valence-corrected chi connectivity index (χ4v) is 19.0. The first-order valence-corrected chi connectivity index (χ1v) is 33.5. The van der Waals surface area contributed by atoms with Crippen LogP contribution in [0.5, 0.6) is 0 Å². The quantitative estimate of drug-likeness (QED) is 0.0585. The third kappa shape index (κ3) is 13.2. The zero-order valence-corrected chi connectivity index (χ0v) is 52.2. The van der Waals surface area contributed by atoms with Crippen LogP contribution in [0.2, 0.25) is 0 Å². The van der Waals surface area contributed by atoms with E-state index in [0.29, 0.717) is 0 Å². The summed E-state index contributed by atoms with van der Waals surface area (Å²) in [6, 6.07) is 104. The van der Waals surface area contributed by atoms with Crippen LogP contribution in [-0.2, 0) is 38.5 Å². The van der Waals surface area contributed by atoms with Crippen LogP contribution < -0.4 is 47.7 Å². The largest absolute Gasteiger partial charge is 3.00 e. The van der Waals surface area contributed by atoms with Crippen molar-refractivity contribution in [3.63, 3.8) is 0 Å².